The third-order valence-electron chi connectivity index (χ3n) is 3.94. The lowest BCUT2D eigenvalue weighted by Gasteiger charge is -2.04. The van der Waals surface area contributed by atoms with E-state index in [4.69, 9.17) is 4.42 Å². The van der Waals surface area contributed by atoms with Crippen LogP contribution in [-0.4, -0.2) is 21.0 Å². The average molecular weight is 352 g/mol. The number of nitro benzene ring substituents is 1. The summed E-state index contributed by atoms with van der Waals surface area (Å²) in [5.41, 5.74) is 2.65. The van der Waals surface area contributed by atoms with Gasteiger partial charge < -0.3 is 9.52 Å². The predicted octanol–water partition coefficient (Wildman–Crippen LogP) is 4.31. The second-order valence-corrected chi connectivity index (χ2v) is 5.73. The molecular weight excluding hydrogens is 336 g/mol. The SMILES string of the molecule is CCc1ccc(/C=C(/CC(=O)O)c2nc3ccccc3o2)cc1[N+](=O)[O-]. The molecule has 1 aromatic heterocycles. The molecule has 7 heteroatoms. The van der Waals surface area contributed by atoms with Gasteiger partial charge in [-0.2, -0.15) is 0 Å². The van der Waals surface area contributed by atoms with Crippen LogP contribution in [0.25, 0.3) is 22.7 Å². The number of aromatic nitrogens is 1. The number of carboxylic acids is 1. The minimum absolute atomic E-state index is 0.00786. The molecule has 0 spiro atoms. The molecule has 0 saturated carbocycles. The number of benzene rings is 2. The highest BCUT2D eigenvalue weighted by Crippen LogP contribution is 2.27. The average Bonchev–Trinajstić information content (AvgIpc) is 3.04. The van der Waals surface area contributed by atoms with Gasteiger partial charge in [0.2, 0.25) is 5.89 Å². The quantitative estimate of drug-likeness (QED) is 0.523. The number of nitrogens with zero attached hydrogens (tertiary/aromatic N) is 2. The molecule has 0 radical (unpaired) electrons. The molecule has 3 rings (SSSR count). The molecule has 3 aromatic rings. The van der Waals surface area contributed by atoms with Crippen molar-refractivity contribution in [1.82, 2.24) is 4.98 Å². The van der Waals surface area contributed by atoms with Crippen LogP contribution in [0.1, 0.15) is 30.4 Å². The summed E-state index contributed by atoms with van der Waals surface area (Å²) >= 11 is 0. The number of carbonyl (C=O) groups is 1. The fourth-order valence-electron chi connectivity index (χ4n) is 2.70. The predicted molar refractivity (Wildman–Crippen MR) is 96.6 cm³/mol. The molecule has 0 unspecified atom stereocenters. The van der Waals surface area contributed by atoms with Gasteiger partial charge in [-0.3, -0.25) is 14.9 Å². The van der Waals surface area contributed by atoms with Gasteiger partial charge in [-0.25, -0.2) is 4.98 Å². The first-order valence-electron chi connectivity index (χ1n) is 8.03. The molecule has 0 aliphatic heterocycles. The van der Waals surface area contributed by atoms with Crippen molar-refractivity contribution < 1.29 is 19.2 Å². The number of para-hydroxylation sites is 2. The van der Waals surface area contributed by atoms with E-state index in [1.165, 1.54) is 6.07 Å². The number of rotatable bonds is 6. The van der Waals surface area contributed by atoms with Crippen LogP contribution >= 0.6 is 0 Å². The molecule has 132 valence electrons. The van der Waals surface area contributed by atoms with Crippen molar-refractivity contribution in [2.45, 2.75) is 19.8 Å². The van der Waals surface area contributed by atoms with E-state index in [0.29, 0.717) is 34.2 Å². The minimum Gasteiger partial charge on any atom is -0.481 e. The fraction of sp³-hybridized carbons (Fsp3) is 0.158. The Hall–Kier alpha value is -3.48. The Balaban J connectivity index is 2.09. The van der Waals surface area contributed by atoms with Crippen LogP contribution in [0, 0.1) is 10.1 Å². The number of oxazole rings is 1. The zero-order chi connectivity index (χ0) is 18.7. The molecule has 0 fully saturated rings. The molecule has 0 aliphatic carbocycles. The summed E-state index contributed by atoms with van der Waals surface area (Å²) in [6.07, 6.45) is 1.79. The third kappa shape index (κ3) is 3.61. The fourth-order valence-corrected chi connectivity index (χ4v) is 2.70. The number of fused-ring (bicyclic) bond motifs is 1. The third-order valence-corrected chi connectivity index (χ3v) is 3.94. The van der Waals surface area contributed by atoms with Gasteiger partial charge in [0.15, 0.2) is 5.58 Å². The summed E-state index contributed by atoms with van der Waals surface area (Å²) in [4.78, 5) is 26.4. The second-order valence-electron chi connectivity index (χ2n) is 5.73. The lowest BCUT2D eigenvalue weighted by molar-refractivity contribution is -0.385. The molecule has 0 saturated heterocycles. The molecule has 0 aliphatic rings. The highest BCUT2D eigenvalue weighted by atomic mass is 16.6. The van der Waals surface area contributed by atoms with Crippen LogP contribution in [0.3, 0.4) is 0 Å². The van der Waals surface area contributed by atoms with Gasteiger partial charge in [0.1, 0.15) is 5.52 Å². The number of hydrogen-bond donors (Lipinski definition) is 1. The molecular formula is C19H16N2O5. The van der Waals surface area contributed by atoms with Gasteiger partial charge in [0.25, 0.3) is 5.69 Å². The summed E-state index contributed by atoms with van der Waals surface area (Å²) < 4.78 is 5.65. The van der Waals surface area contributed by atoms with Crippen molar-refractivity contribution in [1.29, 1.82) is 0 Å². The van der Waals surface area contributed by atoms with Gasteiger partial charge in [-0.15, -0.1) is 0 Å². The van der Waals surface area contributed by atoms with Crippen molar-refractivity contribution in [2.24, 2.45) is 0 Å². The standard InChI is InChI=1S/C19H16N2O5/c1-2-13-8-7-12(10-16(13)21(24)25)9-14(11-18(22)23)19-20-15-5-3-4-6-17(15)26-19/h3-10H,2,11H2,1H3,(H,22,23)/b14-9-. The Morgan fingerprint density at radius 2 is 2.08 bits per heavy atom. The van der Waals surface area contributed by atoms with E-state index < -0.39 is 10.9 Å². The van der Waals surface area contributed by atoms with Gasteiger partial charge in [-0.1, -0.05) is 31.2 Å². The first kappa shape index (κ1) is 17.3. The van der Waals surface area contributed by atoms with Crippen molar-refractivity contribution in [2.75, 3.05) is 0 Å². The highest BCUT2D eigenvalue weighted by Gasteiger charge is 2.16. The number of carboxylic acid groups (broad SMARTS) is 1. The monoisotopic (exact) mass is 352 g/mol. The van der Waals surface area contributed by atoms with E-state index in [2.05, 4.69) is 4.98 Å². The second kappa shape index (κ2) is 7.18. The van der Waals surface area contributed by atoms with Crippen LogP contribution in [0.5, 0.6) is 0 Å². The molecule has 7 nitrogen and oxygen atoms in total. The number of aliphatic carboxylic acids is 1. The van der Waals surface area contributed by atoms with E-state index in [0.717, 1.165) is 0 Å². The smallest absolute Gasteiger partial charge is 0.308 e. The van der Waals surface area contributed by atoms with Gasteiger partial charge in [-0.05, 0) is 30.2 Å². The van der Waals surface area contributed by atoms with Crippen LogP contribution in [0.4, 0.5) is 5.69 Å². The van der Waals surface area contributed by atoms with E-state index in [9.17, 15) is 20.0 Å². The maximum absolute atomic E-state index is 11.2. The first-order chi connectivity index (χ1) is 12.5. The molecule has 26 heavy (non-hydrogen) atoms. The van der Waals surface area contributed by atoms with Gasteiger partial charge >= 0.3 is 5.97 Å². The minimum atomic E-state index is -1.04. The Bertz CT molecular complexity index is 987. The van der Waals surface area contributed by atoms with E-state index >= 15 is 0 Å². The number of nitro groups is 1. The van der Waals surface area contributed by atoms with Crippen LogP contribution in [-0.2, 0) is 11.2 Å². The van der Waals surface area contributed by atoms with Crippen molar-refractivity contribution >= 4 is 34.4 Å². The van der Waals surface area contributed by atoms with Crippen molar-refractivity contribution in [3.63, 3.8) is 0 Å². The van der Waals surface area contributed by atoms with E-state index in [-0.39, 0.29) is 18.0 Å². The molecule has 0 atom stereocenters. The highest BCUT2D eigenvalue weighted by molar-refractivity contribution is 5.91. The van der Waals surface area contributed by atoms with Gasteiger partial charge in [0, 0.05) is 17.2 Å². The molecule has 0 amide bonds. The van der Waals surface area contributed by atoms with Crippen LogP contribution in [0.15, 0.2) is 46.9 Å². The van der Waals surface area contributed by atoms with Crippen molar-refractivity contribution in [3.8, 4) is 0 Å². The summed E-state index contributed by atoms with van der Waals surface area (Å²) in [5, 5.41) is 20.4. The van der Waals surface area contributed by atoms with Crippen molar-refractivity contribution in [3.05, 3.63) is 69.6 Å². The zero-order valence-electron chi connectivity index (χ0n) is 14.0. The molecule has 0 bridgehead atoms. The largest absolute Gasteiger partial charge is 0.481 e. The van der Waals surface area contributed by atoms with Gasteiger partial charge in [0.05, 0.1) is 11.3 Å². The number of aryl methyl sites for hydroxylation is 1. The Morgan fingerprint density at radius 1 is 1.31 bits per heavy atom. The summed E-state index contributed by atoms with van der Waals surface area (Å²) in [5.74, 6) is -0.853. The number of hydrogen-bond acceptors (Lipinski definition) is 5. The van der Waals surface area contributed by atoms with Crippen LogP contribution in [0.2, 0.25) is 0 Å². The van der Waals surface area contributed by atoms with E-state index in [1.54, 1.807) is 36.4 Å². The molecule has 1 heterocycles. The normalized spacial score (nSPS) is 11.7. The molecule has 2 aromatic carbocycles. The lowest BCUT2D eigenvalue weighted by atomic mass is 10.0. The van der Waals surface area contributed by atoms with E-state index in [1.807, 2.05) is 13.0 Å². The summed E-state index contributed by atoms with van der Waals surface area (Å²) in [6.45, 7) is 1.84. The maximum Gasteiger partial charge on any atom is 0.308 e. The first-order valence-corrected chi connectivity index (χ1v) is 8.03. The summed E-state index contributed by atoms with van der Waals surface area (Å²) in [7, 11) is 0. The Morgan fingerprint density at radius 3 is 2.73 bits per heavy atom. The lowest BCUT2D eigenvalue weighted by Crippen LogP contribution is -1.98. The van der Waals surface area contributed by atoms with Crippen LogP contribution < -0.4 is 0 Å². The Kier molecular flexibility index (Phi) is 4.79. The summed E-state index contributed by atoms with van der Waals surface area (Å²) in [6, 6.07) is 11.9. The zero-order valence-corrected chi connectivity index (χ0v) is 14.0. The maximum atomic E-state index is 11.2. The Labute approximate surface area is 148 Å². The molecule has 1 N–H and O–H groups in total. The topological polar surface area (TPSA) is 106 Å².